The molecule has 1 aromatic carbocycles. The number of hydrogen-bond donors (Lipinski definition) is 2. The van der Waals surface area contributed by atoms with Gasteiger partial charge in [0, 0.05) is 43.1 Å². The maximum absolute atomic E-state index is 12.4. The highest BCUT2D eigenvalue weighted by atomic mass is 16.5. The topological polar surface area (TPSA) is 98.5 Å². The van der Waals surface area contributed by atoms with Gasteiger partial charge in [-0.2, -0.15) is 0 Å². The molecule has 0 spiro atoms. The SMILES string of the molecule is [2H]C1=C([2H])[C@]2([2H])[C@H](NC(=O)OCc3ccccc3)[C@@H](C(C)=O)C1([2H])C([2H])([2H])C2([2H])[2H].[2H]C1C([2H])C2([2H])[C@H](C(C)=O)[C@@H](N)C1([2H])C([2H])([2H])C2([2H])[2H]. The Bertz CT molecular complexity index is 1610. The van der Waals surface area contributed by atoms with Gasteiger partial charge in [-0.15, -0.1) is 0 Å². The molecule has 7 rings (SSSR count). The van der Waals surface area contributed by atoms with Gasteiger partial charge in [0.05, 0.1) is 2.74 Å². The van der Waals surface area contributed by atoms with Gasteiger partial charge in [0.1, 0.15) is 18.2 Å². The van der Waals surface area contributed by atoms with E-state index in [1.54, 1.807) is 30.3 Å². The van der Waals surface area contributed by atoms with Crippen LogP contribution < -0.4 is 11.1 Å². The smallest absolute Gasteiger partial charge is 0.407 e. The molecule has 6 aliphatic rings. The Morgan fingerprint density at radius 1 is 1.00 bits per heavy atom. The van der Waals surface area contributed by atoms with Gasteiger partial charge in [-0.1, -0.05) is 42.4 Å². The van der Waals surface area contributed by atoms with Crippen LogP contribution in [0.15, 0.2) is 42.4 Å². The van der Waals surface area contributed by atoms with Gasteiger partial charge in [0.25, 0.3) is 0 Å². The maximum Gasteiger partial charge on any atom is 0.407 e. The van der Waals surface area contributed by atoms with Crippen molar-refractivity contribution in [3.63, 3.8) is 0 Å². The predicted molar refractivity (Wildman–Crippen MR) is 131 cm³/mol. The molecule has 4 bridgehead atoms. The number of rotatable bonds is 5. The van der Waals surface area contributed by atoms with Crippen molar-refractivity contribution < 1.29 is 41.1 Å². The average molecular weight is 483 g/mol. The van der Waals surface area contributed by atoms with E-state index < -0.39 is 116 Å². The van der Waals surface area contributed by atoms with Crippen LogP contribution >= 0.6 is 0 Å². The lowest BCUT2D eigenvalue weighted by Gasteiger charge is -2.46. The summed E-state index contributed by atoms with van der Waals surface area (Å²) in [6.45, 7) is 1.97. The lowest BCUT2D eigenvalue weighted by atomic mass is 9.61. The number of hydrogen-bond acceptors (Lipinski definition) is 5. The average Bonchev–Trinajstić information content (AvgIpc) is 3.02. The standard InChI is InChI=1S/C18H21NO3.C10H17NO/c1-12(20)16-14-7-9-15(10-8-14)17(16)19-18(21)22-11-13-5-3-2-4-6-13;1-6(12)9-7-2-4-8(5-3-7)10(9)11/h2-7,9,14-17H,8,10-11H2,1H3,(H,19,21);7-10H,2-5,11H2,1H3/t14?,15-,16-,17-;7?,8?,9-,10-/m00/s1/i7D,8D2,9D,10D2,14D,15D;2D,3D2,4D,5D2,7D,8D/tm;2?,4?,7?,8?,9-,10-. The van der Waals surface area contributed by atoms with Crippen molar-refractivity contribution in [1.29, 1.82) is 0 Å². The molecule has 1 aromatic rings. The van der Waals surface area contributed by atoms with Crippen molar-refractivity contribution in [3.05, 3.63) is 48.0 Å². The van der Waals surface area contributed by atoms with Gasteiger partial charge < -0.3 is 15.8 Å². The molecule has 0 heterocycles. The molecular formula is C28H38N2O4. The molecule has 6 heteroatoms. The number of Topliss-reactive ketones (excluding diaryl/α,β-unsaturated/α-hetero) is 2. The summed E-state index contributed by atoms with van der Waals surface area (Å²) >= 11 is 0. The van der Waals surface area contributed by atoms with Crippen LogP contribution in [-0.2, 0) is 20.9 Å². The molecule has 4 fully saturated rings. The first-order valence-electron chi connectivity index (χ1n) is 19.0. The fourth-order valence-electron chi connectivity index (χ4n) is 4.09. The van der Waals surface area contributed by atoms with Crippen molar-refractivity contribution in [1.82, 2.24) is 5.32 Å². The van der Waals surface area contributed by atoms with Crippen LogP contribution in [0.3, 0.4) is 0 Å². The van der Waals surface area contributed by atoms with Crippen LogP contribution in [0.4, 0.5) is 4.79 Å². The number of ether oxygens (including phenoxy) is 1. The third kappa shape index (κ3) is 5.43. The van der Waals surface area contributed by atoms with E-state index in [4.69, 9.17) is 32.4 Å². The zero-order valence-corrected chi connectivity index (χ0v) is 18.8. The molecule has 184 valence electrons. The number of carbonyl (C=O) groups excluding carboxylic acids is 3. The minimum atomic E-state index is -3.15. The monoisotopic (exact) mass is 482 g/mol. The molecular weight excluding hydrogens is 428 g/mol. The second-order valence-electron chi connectivity index (χ2n) is 8.21. The van der Waals surface area contributed by atoms with E-state index in [0.717, 1.165) is 13.8 Å². The van der Waals surface area contributed by atoms with Crippen molar-refractivity contribution in [3.8, 4) is 0 Å². The number of alkyl carbamates (subject to hydrolysis) is 1. The van der Waals surface area contributed by atoms with Crippen molar-refractivity contribution in [2.45, 2.75) is 70.8 Å². The molecule has 6 nitrogen and oxygen atoms in total. The van der Waals surface area contributed by atoms with Crippen LogP contribution in [0.2, 0.25) is 0 Å². The van der Waals surface area contributed by atoms with E-state index in [1.165, 1.54) is 0 Å². The first-order chi connectivity index (χ1) is 22.5. The summed E-state index contributed by atoms with van der Waals surface area (Å²) in [6, 6.07) is 3.50. The molecule has 10 atom stereocenters. The van der Waals surface area contributed by atoms with E-state index in [-0.39, 0.29) is 6.61 Å². The number of amides is 1. The van der Waals surface area contributed by atoms with E-state index in [9.17, 15) is 14.4 Å². The number of ketones is 2. The summed E-state index contributed by atoms with van der Waals surface area (Å²) in [4.78, 5) is 36.6. The van der Waals surface area contributed by atoms with Gasteiger partial charge in [0.2, 0.25) is 0 Å². The Morgan fingerprint density at radius 3 is 2.32 bits per heavy atom. The first kappa shape index (κ1) is 11.5. The molecule has 0 aliphatic heterocycles. The molecule has 4 saturated carbocycles. The number of benzene rings is 1. The van der Waals surface area contributed by atoms with Gasteiger partial charge in [-0.05, 0) is 81.3 Å². The summed E-state index contributed by atoms with van der Waals surface area (Å²) in [5.74, 6) is -15.2. The van der Waals surface area contributed by atoms with Crippen molar-refractivity contribution >= 4 is 17.7 Å². The summed E-state index contributed by atoms with van der Waals surface area (Å²) in [5.41, 5.74) is 6.45. The second-order valence-corrected chi connectivity index (χ2v) is 8.21. The highest BCUT2D eigenvalue weighted by molar-refractivity contribution is 5.81. The third-order valence-electron chi connectivity index (χ3n) is 5.83. The predicted octanol–water partition coefficient (Wildman–Crippen LogP) is 4.42. The number of nitrogens with one attached hydrogen (secondary N) is 1. The van der Waals surface area contributed by atoms with E-state index in [2.05, 4.69) is 5.32 Å². The Labute approximate surface area is 225 Å². The number of allylic oxidation sites excluding steroid dienone is 1. The summed E-state index contributed by atoms with van der Waals surface area (Å²) in [6.07, 6.45) is -16.6. The lowest BCUT2D eigenvalue weighted by molar-refractivity contribution is -0.127. The molecule has 0 radical (unpaired) electrons. The minimum absolute atomic E-state index is 0.151. The molecule has 6 aliphatic carbocycles. The molecule has 5 unspecified atom stereocenters. The van der Waals surface area contributed by atoms with Crippen molar-refractivity contribution in [2.24, 2.45) is 41.1 Å². The molecule has 34 heavy (non-hydrogen) atoms. The summed E-state index contributed by atoms with van der Waals surface area (Å²) in [5, 5.41) is 2.23. The van der Waals surface area contributed by atoms with Gasteiger partial charge in [0.15, 0.2) is 0 Å². The van der Waals surface area contributed by atoms with Crippen LogP contribution in [0.5, 0.6) is 0 Å². The zero-order chi connectivity index (χ0) is 38.6. The Hall–Kier alpha value is -2.47. The zero-order valence-electron chi connectivity index (χ0n) is 34.8. The fraction of sp³-hybridized carbons (Fsp3) is 0.607. The van der Waals surface area contributed by atoms with Gasteiger partial charge in [-0.3, -0.25) is 9.59 Å². The van der Waals surface area contributed by atoms with E-state index in [1.807, 2.05) is 0 Å². The largest absolute Gasteiger partial charge is 0.445 e. The third-order valence-corrected chi connectivity index (χ3v) is 5.83. The van der Waals surface area contributed by atoms with Crippen molar-refractivity contribution in [2.75, 3.05) is 0 Å². The van der Waals surface area contributed by atoms with Gasteiger partial charge >= 0.3 is 6.09 Å². The number of fused-ring (bicyclic) bond motifs is 5. The second kappa shape index (κ2) is 10.9. The maximum atomic E-state index is 12.4. The van der Waals surface area contributed by atoms with E-state index >= 15 is 0 Å². The molecule has 3 N–H and O–H groups in total. The van der Waals surface area contributed by atoms with Gasteiger partial charge in [-0.25, -0.2) is 4.79 Å². The fourth-order valence-corrected chi connectivity index (χ4v) is 4.09. The highest BCUT2D eigenvalue weighted by Crippen LogP contribution is 2.44. The quantitative estimate of drug-likeness (QED) is 0.605. The summed E-state index contributed by atoms with van der Waals surface area (Å²) in [7, 11) is 0. The Morgan fingerprint density at radius 2 is 1.62 bits per heavy atom. The minimum Gasteiger partial charge on any atom is -0.445 e. The normalized spacial score (nSPS) is 61.5. The Balaban J connectivity index is 0.000000244. The highest BCUT2D eigenvalue weighted by Gasteiger charge is 2.44. The molecule has 0 saturated heterocycles. The summed E-state index contributed by atoms with van der Waals surface area (Å²) < 4.78 is 136. The Kier molecular flexibility index (Phi) is 3.67. The molecule has 1 amide bonds. The molecule has 0 aromatic heterocycles. The van der Waals surface area contributed by atoms with Crippen LogP contribution in [0.1, 0.15) is 79.6 Å². The van der Waals surface area contributed by atoms with Crippen LogP contribution in [0.25, 0.3) is 0 Å². The van der Waals surface area contributed by atoms with E-state index in [0.29, 0.717) is 5.56 Å². The first-order valence-corrected chi connectivity index (χ1v) is 10.8. The van der Waals surface area contributed by atoms with Crippen LogP contribution in [-0.4, -0.2) is 29.7 Å². The lowest BCUT2D eigenvalue weighted by Crippen LogP contribution is -2.54. The van der Waals surface area contributed by atoms with Crippen LogP contribution in [0, 0.1) is 35.4 Å². The number of nitrogens with two attached hydrogens (primary N) is 1. The number of carbonyl (C=O) groups is 3.